The maximum atomic E-state index is 13.0. The van der Waals surface area contributed by atoms with E-state index in [0.29, 0.717) is 34.3 Å². The third-order valence-electron chi connectivity index (χ3n) is 6.60. The number of aromatic amines is 1. The monoisotopic (exact) mass is 442 g/mol. The first-order valence-electron chi connectivity index (χ1n) is 11.0. The first kappa shape index (κ1) is 21.9. The van der Waals surface area contributed by atoms with Gasteiger partial charge < -0.3 is 15.0 Å². The number of ether oxygens (including phenoxy) is 1. The van der Waals surface area contributed by atoms with Crippen molar-refractivity contribution in [3.63, 3.8) is 0 Å². The summed E-state index contributed by atoms with van der Waals surface area (Å²) in [5.74, 6) is -0.130. The zero-order valence-electron chi connectivity index (χ0n) is 17.8. The first-order chi connectivity index (χ1) is 15.0. The standard InChI is InChI=1S/C23H30N4O3S/c1-2-10-27-21(29)18-7-6-17(15-19(18)25-22(27)31)20(28)24-16-23(8-4-3-5-9-23)26-11-13-30-14-12-26/h2,6-7,15H,1,3-5,8-14,16H2,(H,24,28)(H,25,31). The van der Waals surface area contributed by atoms with Gasteiger partial charge in [0.2, 0.25) is 0 Å². The smallest absolute Gasteiger partial charge is 0.262 e. The number of nitrogens with zero attached hydrogens (tertiary/aromatic N) is 2. The van der Waals surface area contributed by atoms with Crippen molar-refractivity contribution in [2.75, 3.05) is 32.8 Å². The van der Waals surface area contributed by atoms with Crippen LogP contribution >= 0.6 is 12.2 Å². The van der Waals surface area contributed by atoms with E-state index in [4.69, 9.17) is 17.0 Å². The zero-order chi connectivity index (χ0) is 21.8. The van der Waals surface area contributed by atoms with Crippen LogP contribution in [-0.2, 0) is 11.3 Å². The van der Waals surface area contributed by atoms with Crippen molar-refractivity contribution in [2.45, 2.75) is 44.2 Å². The second-order valence-corrected chi connectivity index (χ2v) is 8.85. The molecule has 1 aromatic carbocycles. The van der Waals surface area contributed by atoms with E-state index in [0.717, 1.165) is 39.1 Å². The van der Waals surface area contributed by atoms with Gasteiger partial charge in [0.05, 0.1) is 24.1 Å². The van der Waals surface area contributed by atoms with Gasteiger partial charge in [-0.15, -0.1) is 6.58 Å². The molecule has 1 saturated carbocycles. The van der Waals surface area contributed by atoms with Crippen LogP contribution < -0.4 is 10.9 Å². The molecule has 1 aliphatic carbocycles. The van der Waals surface area contributed by atoms with Crippen molar-refractivity contribution in [3.05, 3.63) is 51.5 Å². The Hall–Kier alpha value is -2.29. The molecule has 1 aromatic heterocycles. The van der Waals surface area contributed by atoms with Crippen LogP contribution in [0.3, 0.4) is 0 Å². The van der Waals surface area contributed by atoms with Crippen LogP contribution in [0.4, 0.5) is 0 Å². The zero-order valence-corrected chi connectivity index (χ0v) is 18.6. The van der Waals surface area contributed by atoms with E-state index < -0.39 is 0 Å². The van der Waals surface area contributed by atoms with Crippen molar-refractivity contribution in [2.24, 2.45) is 0 Å². The number of hydrogen-bond donors (Lipinski definition) is 2. The molecular weight excluding hydrogens is 412 g/mol. The number of hydrogen-bond acceptors (Lipinski definition) is 5. The molecule has 7 nitrogen and oxygen atoms in total. The molecule has 0 atom stereocenters. The van der Waals surface area contributed by atoms with Gasteiger partial charge in [-0.25, -0.2) is 0 Å². The predicted molar refractivity (Wildman–Crippen MR) is 124 cm³/mol. The van der Waals surface area contributed by atoms with Gasteiger partial charge in [0.25, 0.3) is 11.5 Å². The van der Waals surface area contributed by atoms with Gasteiger partial charge in [-0.2, -0.15) is 0 Å². The van der Waals surface area contributed by atoms with Crippen LogP contribution in [0.5, 0.6) is 0 Å². The van der Waals surface area contributed by atoms with Gasteiger partial charge in [0, 0.05) is 37.3 Å². The number of rotatable bonds is 6. The lowest BCUT2D eigenvalue weighted by Crippen LogP contribution is -2.59. The number of benzene rings is 1. The Morgan fingerprint density at radius 2 is 2.00 bits per heavy atom. The molecule has 2 aliphatic rings. The van der Waals surface area contributed by atoms with Crippen LogP contribution in [0.15, 0.2) is 35.6 Å². The topological polar surface area (TPSA) is 79.4 Å². The van der Waals surface area contributed by atoms with Crippen LogP contribution in [-0.4, -0.2) is 58.7 Å². The highest BCUT2D eigenvalue weighted by molar-refractivity contribution is 7.71. The average molecular weight is 443 g/mol. The van der Waals surface area contributed by atoms with Crippen molar-refractivity contribution in [3.8, 4) is 0 Å². The van der Waals surface area contributed by atoms with E-state index in [1.165, 1.54) is 23.8 Å². The van der Waals surface area contributed by atoms with Gasteiger partial charge in [-0.3, -0.25) is 19.1 Å². The van der Waals surface area contributed by atoms with Gasteiger partial charge in [0.15, 0.2) is 4.77 Å². The minimum absolute atomic E-state index is 0.00681. The van der Waals surface area contributed by atoms with Crippen molar-refractivity contribution >= 4 is 29.0 Å². The SMILES string of the molecule is C=CCn1c(=S)[nH]c2cc(C(=O)NCC3(N4CCOCC4)CCCCC3)ccc2c1=O. The molecule has 2 fully saturated rings. The van der Waals surface area contributed by atoms with E-state index in [-0.39, 0.29) is 17.0 Å². The number of morpholine rings is 1. The van der Waals surface area contributed by atoms with Crippen molar-refractivity contribution < 1.29 is 9.53 Å². The summed E-state index contributed by atoms with van der Waals surface area (Å²) in [7, 11) is 0. The molecule has 2 aromatic rings. The lowest BCUT2D eigenvalue weighted by atomic mass is 9.79. The van der Waals surface area contributed by atoms with Gasteiger partial charge in [-0.05, 0) is 43.3 Å². The summed E-state index contributed by atoms with van der Waals surface area (Å²) in [4.78, 5) is 31.3. The Kier molecular flexibility index (Phi) is 6.69. The minimum Gasteiger partial charge on any atom is -0.379 e. The van der Waals surface area contributed by atoms with Crippen LogP contribution in [0.2, 0.25) is 0 Å². The molecule has 0 unspecified atom stereocenters. The number of aromatic nitrogens is 2. The number of carbonyl (C=O) groups is 1. The molecular formula is C23H30N4O3S. The Morgan fingerprint density at radius 1 is 1.26 bits per heavy atom. The summed E-state index contributed by atoms with van der Waals surface area (Å²) in [5.41, 5.74) is 0.918. The summed E-state index contributed by atoms with van der Waals surface area (Å²) >= 11 is 5.31. The largest absolute Gasteiger partial charge is 0.379 e. The number of fused-ring (bicyclic) bond motifs is 1. The number of amides is 1. The fourth-order valence-corrected chi connectivity index (χ4v) is 5.16. The van der Waals surface area contributed by atoms with E-state index in [1.807, 2.05) is 0 Å². The summed E-state index contributed by atoms with van der Waals surface area (Å²) in [6.07, 6.45) is 7.47. The molecule has 166 valence electrons. The second kappa shape index (κ2) is 9.46. The maximum absolute atomic E-state index is 13.0. The maximum Gasteiger partial charge on any atom is 0.262 e. The predicted octanol–water partition coefficient (Wildman–Crippen LogP) is 3.01. The normalized spacial score (nSPS) is 19.2. The molecule has 1 amide bonds. The first-order valence-corrected chi connectivity index (χ1v) is 11.4. The number of carbonyl (C=O) groups excluding carboxylic acids is 1. The van der Waals surface area contributed by atoms with Crippen LogP contribution in [0.1, 0.15) is 42.5 Å². The van der Waals surface area contributed by atoms with E-state index in [2.05, 4.69) is 21.8 Å². The van der Waals surface area contributed by atoms with Crippen LogP contribution in [0, 0.1) is 4.77 Å². The Balaban J connectivity index is 1.54. The molecule has 1 aliphatic heterocycles. The van der Waals surface area contributed by atoms with Gasteiger partial charge in [0.1, 0.15) is 0 Å². The molecule has 31 heavy (non-hydrogen) atoms. The highest BCUT2D eigenvalue weighted by Gasteiger charge is 2.38. The van der Waals surface area contributed by atoms with E-state index >= 15 is 0 Å². The Labute approximate surface area is 187 Å². The third kappa shape index (κ3) is 4.51. The summed E-state index contributed by atoms with van der Waals surface area (Å²) in [6.45, 7) is 7.98. The molecule has 4 rings (SSSR count). The molecule has 2 heterocycles. The highest BCUT2D eigenvalue weighted by atomic mass is 32.1. The summed E-state index contributed by atoms with van der Waals surface area (Å²) in [6, 6.07) is 5.11. The van der Waals surface area contributed by atoms with E-state index in [9.17, 15) is 9.59 Å². The average Bonchev–Trinajstić information content (AvgIpc) is 2.81. The highest BCUT2D eigenvalue weighted by Crippen LogP contribution is 2.34. The third-order valence-corrected chi connectivity index (χ3v) is 6.92. The molecule has 2 N–H and O–H groups in total. The van der Waals surface area contributed by atoms with Crippen LogP contribution in [0.25, 0.3) is 10.9 Å². The van der Waals surface area contributed by atoms with Gasteiger partial charge >= 0.3 is 0 Å². The number of nitrogens with one attached hydrogen (secondary N) is 2. The molecule has 8 heteroatoms. The quantitative estimate of drug-likeness (QED) is 0.531. The molecule has 0 spiro atoms. The fourth-order valence-electron chi connectivity index (χ4n) is 4.89. The molecule has 0 radical (unpaired) electrons. The molecule has 0 bridgehead atoms. The lowest BCUT2D eigenvalue weighted by Gasteiger charge is -2.48. The van der Waals surface area contributed by atoms with Gasteiger partial charge in [-0.1, -0.05) is 25.3 Å². The minimum atomic E-state index is -0.181. The van der Waals surface area contributed by atoms with Crippen molar-refractivity contribution in [1.29, 1.82) is 0 Å². The summed E-state index contributed by atoms with van der Waals surface area (Å²) < 4.78 is 7.32. The fraction of sp³-hybridized carbons (Fsp3) is 0.522. The number of H-pyrrole nitrogens is 1. The summed E-state index contributed by atoms with van der Waals surface area (Å²) in [5, 5.41) is 3.68. The Morgan fingerprint density at radius 3 is 2.71 bits per heavy atom. The van der Waals surface area contributed by atoms with E-state index in [1.54, 1.807) is 24.3 Å². The van der Waals surface area contributed by atoms with Crippen molar-refractivity contribution in [1.82, 2.24) is 19.8 Å². The second-order valence-electron chi connectivity index (χ2n) is 8.46. The molecule has 1 saturated heterocycles. The lowest BCUT2D eigenvalue weighted by molar-refractivity contribution is -0.0361. The Bertz CT molecular complexity index is 1080. The number of allylic oxidation sites excluding steroid dienone is 1.